The highest BCUT2D eigenvalue weighted by atomic mass is 16.5. The number of hydrogen-bond donors (Lipinski definition) is 1. The summed E-state index contributed by atoms with van der Waals surface area (Å²) in [4.78, 5) is 12.6. The van der Waals surface area contributed by atoms with Gasteiger partial charge in [-0.3, -0.25) is 4.79 Å². The Morgan fingerprint density at radius 3 is 2.73 bits per heavy atom. The van der Waals surface area contributed by atoms with E-state index in [1.807, 2.05) is 12.1 Å². The van der Waals surface area contributed by atoms with Gasteiger partial charge in [-0.2, -0.15) is 0 Å². The third-order valence-corrected chi connectivity index (χ3v) is 5.39. The lowest BCUT2D eigenvalue weighted by molar-refractivity contribution is 0.0907. The Morgan fingerprint density at radius 2 is 1.88 bits per heavy atom. The number of nitrogens with one attached hydrogen (secondary N) is 1. The molecule has 1 N–H and O–H groups in total. The summed E-state index contributed by atoms with van der Waals surface area (Å²) >= 11 is 0. The Labute approximate surface area is 153 Å². The van der Waals surface area contributed by atoms with Crippen LogP contribution in [0, 0.1) is 0 Å². The molecule has 1 heterocycles. The van der Waals surface area contributed by atoms with E-state index < -0.39 is 0 Å². The molecular weight excluding hydrogens is 324 g/mol. The van der Waals surface area contributed by atoms with Crippen LogP contribution in [0.2, 0.25) is 0 Å². The molecule has 1 aromatic heterocycles. The first kappa shape index (κ1) is 16.8. The van der Waals surface area contributed by atoms with Gasteiger partial charge in [-0.1, -0.05) is 61.5 Å². The van der Waals surface area contributed by atoms with E-state index in [2.05, 4.69) is 54.7 Å². The van der Waals surface area contributed by atoms with E-state index in [1.165, 1.54) is 16.3 Å². The van der Waals surface area contributed by atoms with Gasteiger partial charge in [-0.05, 0) is 42.0 Å². The maximum Gasteiger partial charge on any atom is 0.290 e. The average molecular weight is 348 g/mol. The van der Waals surface area contributed by atoms with Crippen molar-refractivity contribution in [3.05, 3.63) is 65.0 Å². The standard InChI is InChI=1S/C22H24N2O2/c1-22(2,17-12-11-15-7-3-4-8-16(15)13-17)14-23-21(25)20-18-9-5-6-10-19(18)24-26-20/h3-4,7-8,11-13H,5-6,9-10,14H2,1-2H3,(H,23,25). The number of hydrogen-bond acceptors (Lipinski definition) is 3. The Morgan fingerprint density at radius 1 is 1.12 bits per heavy atom. The number of carbonyl (C=O) groups excluding carboxylic acids is 1. The van der Waals surface area contributed by atoms with Crippen LogP contribution in [0.3, 0.4) is 0 Å². The maximum absolute atomic E-state index is 12.6. The van der Waals surface area contributed by atoms with E-state index in [4.69, 9.17) is 4.52 Å². The summed E-state index contributed by atoms with van der Waals surface area (Å²) in [6, 6.07) is 14.8. The Balaban J connectivity index is 1.50. The molecule has 1 aliphatic carbocycles. The van der Waals surface area contributed by atoms with E-state index in [-0.39, 0.29) is 11.3 Å². The summed E-state index contributed by atoms with van der Waals surface area (Å²) in [5.74, 6) is 0.239. The topological polar surface area (TPSA) is 55.1 Å². The Bertz CT molecular complexity index is 956. The number of benzene rings is 2. The predicted octanol–water partition coefficient (Wildman–Crippen LogP) is 4.41. The van der Waals surface area contributed by atoms with Gasteiger partial charge < -0.3 is 9.84 Å². The first-order chi connectivity index (χ1) is 12.5. The summed E-state index contributed by atoms with van der Waals surface area (Å²) in [5.41, 5.74) is 2.98. The Hall–Kier alpha value is -2.62. The van der Waals surface area contributed by atoms with Crippen LogP contribution in [0.4, 0.5) is 0 Å². The fourth-order valence-corrected chi connectivity index (χ4v) is 3.66. The largest absolute Gasteiger partial charge is 0.350 e. The van der Waals surface area contributed by atoms with Crippen LogP contribution in [0.15, 0.2) is 47.0 Å². The van der Waals surface area contributed by atoms with Crippen molar-refractivity contribution in [2.45, 2.75) is 44.9 Å². The molecule has 26 heavy (non-hydrogen) atoms. The van der Waals surface area contributed by atoms with E-state index in [9.17, 15) is 4.79 Å². The second-order valence-electron chi connectivity index (χ2n) is 7.77. The van der Waals surface area contributed by atoms with E-state index in [0.29, 0.717) is 12.3 Å². The highest BCUT2D eigenvalue weighted by Crippen LogP contribution is 2.27. The van der Waals surface area contributed by atoms with Gasteiger partial charge in [0.2, 0.25) is 5.76 Å². The van der Waals surface area contributed by atoms with Crippen molar-refractivity contribution in [2.75, 3.05) is 6.54 Å². The van der Waals surface area contributed by atoms with E-state index >= 15 is 0 Å². The molecule has 0 radical (unpaired) electrons. The molecule has 4 nitrogen and oxygen atoms in total. The quantitative estimate of drug-likeness (QED) is 0.759. The minimum atomic E-state index is -0.181. The number of amides is 1. The zero-order valence-electron chi connectivity index (χ0n) is 15.3. The lowest BCUT2D eigenvalue weighted by atomic mass is 9.83. The average Bonchev–Trinajstić information content (AvgIpc) is 3.10. The molecule has 1 aliphatic rings. The van der Waals surface area contributed by atoms with Crippen LogP contribution < -0.4 is 5.32 Å². The maximum atomic E-state index is 12.6. The number of nitrogens with zero attached hydrogens (tertiary/aromatic N) is 1. The zero-order valence-corrected chi connectivity index (χ0v) is 15.3. The summed E-state index contributed by atoms with van der Waals surface area (Å²) < 4.78 is 5.35. The van der Waals surface area contributed by atoms with Gasteiger partial charge in [0.15, 0.2) is 0 Å². The number of aryl methyl sites for hydroxylation is 1. The monoisotopic (exact) mass is 348 g/mol. The van der Waals surface area contributed by atoms with Gasteiger partial charge in [-0.25, -0.2) is 0 Å². The SMILES string of the molecule is CC(C)(CNC(=O)c1onc2c1CCCC2)c1ccc2ccccc2c1. The molecule has 2 aromatic carbocycles. The van der Waals surface area contributed by atoms with Gasteiger partial charge >= 0.3 is 0 Å². The van der Waals surface area contributed by atoms with E-state index in [0.717, 1.165) is 36.9 Å². The Kier molecular flexibility index (Phi) is 4.27. The molecule has 0 saturated heterocycles. The molecular formula is C22H24N2O2. The van der Waals surface area contributed by atoms with Crippen LogP contribution in [-0.2, 0) is 18.3 Å². The molecule has 4 rings (SSSR count). The van der Waals surface area contributed by atoms with E-state index in [1.54, 1.807) is 0 Å². The van der Waals surface area contributed by atoms with Crippen molar-refractivity contribution < 1.29 is 9.32 Å². The van der Waals surface area contributed by atoms with Crippen LogP contribution in [0.5, 0.6) is 0 Å². The van der Waals surface area contributed by atoms with Crippen LogP contribution >= 0.6 is 0 Å². The van der Waals surface area contributed by atoms with Crippen molar-refractivity contribution in [1.82, 2.24) is 10.5 Å². The molecule has 0 spiro atoms. The molecule has 134 valence electrons. The first-order valence-corrected chi connectivity index (χ1v) is 9.29. The lowest BCUT2D eigenvalue weighted by Crippen LogP contribution is -2.37. The van der Waals surface area contributed by atoms with Crippen LogP contribution in [0.1, 0.15) is 54.1 Å². The van der Waals surface area contributed by atoms with Crippen molar-refractivity contribution in [3.8, 4) is 0 Å². The molecule has 0 aliphatic heterocycles. The lowest BCUT2D eigenvalue weighted by Gasteiger charge is -2.26. The van der Waals surface area contributed by atoms with Gasteiger partial charge in [0.05, 0.1) is 5.69 Å². The second kappa shape index (κ2) is 6.60. The van der Waals surface area contributed by atoms with Crippen molar-refractivity contribution in [3.63, 3.8) is 0 Å². The number of fused-ring (bicyclic) bond motifs is 2. The highest BCUT2D eigenvalue weighted by molar-refractivity contribution is 5.93. The van der Waals surface area contributed by atoms with Gasteiger partial charge in [-0.15, -0.1) is 0 Å². The fraction of sp³-hybridized carbons (Fsp3) is 0.364. The normalized spacial score (nSPS) is 14.2. The number of aromatic nitrogens is 1. The summed E-state index contributed by atoms with van der Waals surface area (Å²) in [6.45, 7) is 4.83. The molecule has 4 heteroatoms. The van der Waals surface area contributed by atoms with Gasteiger partial charge in [0.1, 0.15) is 0 Å². The zero-order chi connectivity index (χ0) is 18.1. The number of carbonyl (C=O) groups is 1. The molecule has 1 amide bonds. The highest BCUT2D eigenvalue weighted by Gasteiger charge is 2.27. The summed E-state index contributed by atoms with van der Waals surface area (Å²) in [6.07, 6.45) is 4.01. The smallest absolute Gasteiger partial charge is 0.290 e. The van der Waals surface area contributed by atoms with Crippen molar-refractivity contribution in [1.29, 1.82) is 0 Å². The summed E-state index contributed by atoms with van der Waals surface area (Å²) in [5, 5.41) is 9.57. The molecule has 0 fully saturated rings. The van der Waals surface area contributed by atoms with Crippen molar-refractivity contribution in [2.24, 2.45) is 0 Å². The molecule has 0 unspecified atom stereocenters. The molecule has 3 aromatic rings. The van der Waals surface area contributed by atoms with Gasteiger partial charge in [0.25, 0.3) is 5.91 Å². The minimum absolute atomic E-state index is 0.158. The minimum Gasteiger partial charge on any atom is -0.350 e. The second-order valence-corrected chi connectivity index (χ2v) is 7.77. The van der Waals surface area contributed by atoms with Crippen LogP contribution in [-0.4, -0.2) is 17.6 Å². The van der Waals surface area contributed by atoms with Crippen molar-refractivity contribution >= 4 is 16.7 Å². The third-order valence-electron chi connectivity index (χ3n) is 5.39. The first-order valence-electron chi connectivity index (χ1n) is 9.29. The molecule has 0 bridgehead atoms. The molecule has 0 saturated carbocycles. The summed E-state index contributed by atoms with van der Waals surface area (Å²) in [7, 11) is 0. The predicted molar refractivity (Wildman–Crippen MR) is 102 cm³/mol. The van der Waals surface area contributed by atoms with Crippen LogP contribution in [0.25, 0.3) is 10.8 Å². The van der Waals surface area contributed by atoms with Gasteiger partial charge in [0, 0.05) is 17.5 Å². The fourth-order valence-electron chi connectivity index (χ4n) is 3.66. The molecule has 0 atom stereocenters. The number of rotatable bonds is 4. The third kappa shape index (κ3) is 3.12.